The van der Waals surface area contributed by atoms with Gasteiger partial charge in [0.2, 0.25) is 0 Å². The van der Waals surface area contributed by atoms with E-state index in [1.807, 2.05) is 4.72 Å². The second-order valence-corrected chi connectivity index (χ2v) is 7.48. The number of hydrogen-bond donors (Lipinski definition) is 1. The Bertz CT molecular complexity index is 1080. The average molecular weight is 403 g/mol. The summed E-state index contributed by atoms with van der Waals surface area (Å²) in [6, 6.07) is 16.0. The number of amides is 1. The summed E-state index contributed by atoms with van der Waals surface area (Å²) in [7, 11) is -4.12. The zero-order valence-corrected chi connectivity index (χ0v) is 15.2. The molecule has 3 rings (SSSR count). The van der Waals surface area contributed by atoms with Crippen LogP contribution in [0.25, 0.3) is 0 Å². The molecule has 0 saturated carbocycles. The Hall–Kier alpha value is -3.26. The lowest BCUT2D eigenvalue weighted by Gasteiger charge is -2.09. The van der Waals surface area contributed by atoms with Gasteiger partial charge in [-0.3, -0.25) is 4.79 Å². The molecule has 8 heteroatoms. The molecular weight excluding hydrogens is 388 g/mol. The lowest BCUT2D eigenvalue weighted by Crippen LogP contribution is -2.30. The first-order valence-electron chi connectivity index (χ1n) is 8.14. The number of rotatable bonds is 6. The quantitative estimate of drug-likeness (QED) is 0.682. The molecule has 0 aromatic heterocycles. The molecule has 0 bridgehead atoms. The van der Waals surface area contributed by atoms with Crippen molar-refractivity contribution in [1.29, 1.82) is 0 Å². The van der Waals surface area contributed by atoms with E-state index >= 15 is 0 Å². The molecule has 0 spiro atoms. The molecule has 144 valence electrons. The minimum Gasteiger partial charge on any atom is -0.489 e. The Labute approximate surface area is 160 Å². The van der Waals surface area contributed by atoms with Crippen LogP contribution in [0.15, 0.2) is 77.7 Å². The summed E-state index contributed by atoms with van der Waals surface area (Å²) >= 11 is 0. The summed E-state index contributed by atoms with van der Waals surface area (Å²) in [4.78, 5) is 12.0. The van der Waals surface area contributed by atoms with Gasteiger partial charge in [-0.1, -0.05) is 18.2 Å². The van der Waals surface area contributed by atoms with Gasteiger partial charge in [0.25, 0.3) is 15.9 Å². The van der Waals surface area contributed by atoms with E-state index in [9.17, 15) is 22.0 Å². The molecule has 28 heavy (non-hydrogen) atoms. The van der Waals surface area contributed by atoms with E-state index in [4.69, 9.17) is 4.74 Å². The molecule has 1 amide bonds. The van der Waals surface area contributed by atoms with Crippen molar-refractivity contribution >= 4 is 15.9 Å². The first-order chi connectivity index (χ1) is 13.3. The first-order valence-corrected chi connectivity index (χ1v) is 9.62. The molecular formula is C20H15F2NO4S. The molecule has 0 fully saturated rings. The predicted molar refractivity (Wildman–Crippen MR) is 98.2 cm³/mol. The largest absolute Gasteiger partial charge is 0.489 e. The minimum absolute atomic E-state index is 0.0111. The molecule has 0 atom stereocenters. The van der Waals surface area contributed by atoms with Crippen LogP contribution < -0.4 is 9.46 Å². The highest BCUT2D eigenvalue weighted by Crippen LogP contribution is 2.16. The van der Waals surface area contributed by atoms with Gasteiger partial charge in [-0.25, -0.2) is 21.9 Å². The second kappa shape index (κ2) is 8.18. The molecule has 0 heterocycles. The third-order valence-electron chi connectivity index (χ3n) is 3.82. The Morgan fingerprint density at radius 2 is 1.54 bits per heavy atom. The smallest absolute Gasteiger partial charge is 0.265 e. The molecule has 3 aromatic carbocycles. The van der Waals surface area contributed by atoms with Gasteiger partial charge in [0, 0.05) is 11.1 Å². The highest BCUT2D eigenvalue weighted by atomic mass is 32.2. The number of ether oxygens (including phenoxy) is 1. The standard InChI is InChI=1S/C20H15F2NO4S/c21-16-7-11-18(12-8-16)28(25,26)23-20(24)14-5-9-17(10-6-14)27-13-15-3-1-2-4-19(15)22/h1-12H,13H2,(H,23,24). The van der Waals surface area contributed by atoms with Crippen molar-refractivity contribution < 1.29 is 26.7 Å². The van der Waals surface area contributed by atoms with E-state index in [1.165, 1.54) is 30.3 Å². The van der Waals surface area contributed by atoms with E-state index in [2.05, 4.69) is 0 Å². The maximum atomic E-state index is 13.6. The Kier molecular flexibility index (Phi) is 5.70. The number of sulfonamides is 1. The summed E-state index contributed by atoms with van der Waals surface area (Å²) < 4.78 is 58.2. The highest BCUT2D eigenvalue weighted by Gasteiger charge is 2.18. The third kappa shape index (κ3) is 4.72. The highest BCUT2D eigenvalue weighted by molar-refractivity contribution is 7.90. The van der Waals surface area contributed by atoms with Crippen LogP contribution in [0, 0.1) is 11.6 Å². The normalized spacial score (nSPS) is 11.1. The summed E-state index contributed by atoms with van der Waals surface area (Å²) in [6.45, 7) is 0.0111. The zero-order valence-electron chi connectivity index (χ0n) is 14.4. The summed E-state index contributed by atoms with van der Waals surface area (Å²) in [5.41, 5.74) is 0.471. The van der Waals surface area contributed by atoms with Crippen LogP contribution in [0.4, 0.5) is 8.78 Å². The van der Waals surface area contributed by atoms with Crippen LogP contribution in [0.2, 0.25) is 0 Å². The molecule has 3 aromatic rings. The number of carbonyl (C=O) groups is 1. The lowest BCUT2D eigenvalue weighted by atomic mass is 10.2. The van der Waals surface area contributed by atoms with Crippen LogP contribution in [0.1, 0.15) is 15.9 Å². The van der Waals surface area contributed by atoms with Crippen molar-refractivity contribution in [2.75, 3.05) is 0 Å². The van der Waals surface area contributed by atoms with Crippen LogP contribution in [-0.2, 0) is 16.6 Å². The molecule has 0 radical (unpaired) electrons. The van der Waals surface area contributed by atoms with Gasteiger partial charge in [0.05, 0.1) is 4.90 Å². The number of halogens is 2. The summed E-state index contributed by atoms with van der Waals surface area (Å²) in [6.07, 6.45) is 0. The van der Waals surface area contributed by atoms with Crippen LogP contribution in [0.5, 0.6) is 5.75 Å². The van der Waals surface area contributed by atoms with E-state index in [0.29, 0.717) is 11.3 Å². The molecule has 0 aliphatic carbocycles. The number of benzene rings is 3. The van der Waals surface area contributed by atoms with Crippen LogP contribution in [0.3, 0.4) is 0 Å². The fourth-order valence-electron chi connectivity index (χ4n) is 2.33. The Morgan fingerprint density at radius 1 is 0.893 bits per heavy atom. The molecule has 0 aliphatic heterocycles. The number of hydrogen-bond acceptors (Lipinski definition) is 4. The van der Waals surface area contributed by atoms with Crippen molar-refractivity contribution in [3.63, 3.8) is 0 Å². The van der Waals surface area contributed by atoms with Crippen LogP contribution in [-0.4, -0.2) is 14.3 Å². The van der Waals surface area contributed by atoms with Crippen molar-refractivity contribution in [1.82, 2.24) is 4.72 Å². The van der Waals surface area contributed by atoms with Gasteiger partial charge >= 0.3 is 0 Å². The van der Waals surface area contributed by atoms with Gasteiger partial charge in [-0.2, -0.15) is 0 Å². The predicted octanol–water partition coefficient (Wildman–Crippen LogP) is 3.66. The topological polar surface area (TPSA) is 72.5 Å². The lowest BCUT2D eigenvalue weighted by molar-refractivity contribution is 0.0981. The van der Waals surface area contributed by atoms with Crippen molar-refractivity contribution in [2.45, 2.75) is 11.5 Å². The SMILES string of the molecule is O=C(NS(=O)(=O)c1ccc(F)cc1)c1ccc(OCc2ccccc2F)cc1. The summed E-state index contributed by atoms with van der Waals surface area (Å²) in [5, 5.41) is 0. The van der Waals surface area contributed by atoms with Gasteiger partial charge in [-0.05, 0) is 54.6 Å². The van der Waals surface area contributed by atoms with E-state index in [1.54, 1.807) is 18.2 Å². The van der Waals surface area contributed by atoms with E-state index in [0.717, 1.165) is 24.3 Å². The molecule has 1 N–H and O–H groups in total. The fourth-order valence-corrected chi connectivity index (χ4v) is 3.31. The first kappa shape index (κ1) is 19.5. The zero-order chi connectivity index (χ0) is 20.1. The monoisotopic (exact) mass is 403 g/mol. The van der Waals surface area contributed by atoms with Crippen molar-refractivity contribution in [3.05, 3.63) is 95.6 Å². The molecule has 5 nitrogen and oxygen atoms in total. The fraction of sp³-hybridized carbons (Fsp3) is 0.0500. The average Bonchev–Trinajstić information content (AvgIpc) is 2.68. The van der Waals surface area contributed by atoms with Gasteiger partial charge < -0.3 is 4.74 Å². The van der Waals surface area contributed by atoms with E-state index < -0.39 is 21.7 Å². The molecule has 0 unspecified atom stereocenters. The Balaban J connectivity index is 1.65. The van der Waals surface area contributed by atoms with Gasteiger partial charge in [0.15, 0.2) is 0 Å². The minimum atomic E-state index is -4.12. The maximum Gasteiger partial charge on any atom is 0.265 e. The third-order valence-corrected chi connectivity index (χ3v) is 5.17. The molecule has 0 saturated heterocycles. The summed E-state index contributed by atoms with van der Waals surface area (Å²) in [5.74, 6) is -1.42. The van der Waals surface area contributed by atoms with Crippen molar-refractivity contribution in [2.24, 2.45) is 0 Å². The van der Waals surface area contributed by atoms with Crippen molar-refractivity contribution in [3.8, 4) is 5.75 Å². The van der Waals surface area contributed by atoms with Gasteiger partial charge in [-0.15, -0.1) is 0 Å². The number of nitrogens with one attached hydrogen (secondary N) is 1. The second-order valence-electron chi connectivity index (χ2n) is 5.79. The molecule has 0 aliphatic rings. The number of carbonyl (C=O) groups excluding carboxylic acids is 1. The van der Waals surface area contributed by atoms with Gasteiger partial charge in [0.1, 0.15) is 24.0 Å². The van der Waals surface area contributed by atoms with Crippen LogP contribution >= 0.6 is 0 Å². The Morgan fingerprint density at radius 3 is 2.18 bits per heavy atom. The maximum absolute atomic E-state index is 13.6. The van der Waals surface area contributed by atoms with E-state index in [-0.39, 0.29) is 22.9 Å².